The first kappa shape index (κ1) is 14.3. The minimum absolute atomic E-state index is 0.0524. The highest BCUT2D eigenvalue weighted by molar-refractivity contribution is 5.97. The molecule has 0 spiro atoms. The number of carbonyl (C=O) groups is 2. The number of aliphatic hydroxyl groups is 2. The number of carbonyl (C=O) groups excluding carboxylic acids is 2. The van der Waals surface area contributed by atoms with Crippen molar-refractivity contribution in [3.63, 3.8) is 0 Å². The number of Topliss-reactive ketones (excluding diaryl/α,β-unsaturated/α-hetero) is 1. The second-order valence-electron chi connectivity index (χ2n) is 4.46. The Balaban J connectivity index is 2.79. The summed E-state index contributed by atoms with van der Waals surface area (Å²) < 4.78 is 0. The number of benzene rings is 1. The van der Waals surface area contributed by atoms with Crippen LogP contribution in [-0.4, -0.2) is 35.1 Å². The minimum atomic E-state index is -1.22. The van der Waals surface area contributed by atoms with Crippen LogP contribution in [0.4, 0.5) is 5.69 Å². The Morgan fingerprint density at radius 2 is 1.67 bits per heavy atom. The average molecular weight is 251 g/mol. The van der Waals surface area contributed by atoms with Crippen molar-refractivity contribution in [3.05, 3.63) is 29.8 Å². The molecule has 0 aliphatic rings. The van der Waals surface area contributed by atoms with Crippen molar-refractivity contribution in [2.45, 2.75) is 13.8 Å². The van der Waals surface area contributed by atoms with E-state index in [-0.39, 0.29) is 5.78 Å². The minimum Gasteiger partial charge on any atom is -0.395 e. The first-order chi connectivity index (χ1) is 8.42. The monoisotopic (exact) mass is 251 g/mol. The van der Waals surface area contributed by atoms with Gasteiger partial charge in [0.1, 0.15) is 0 Å². The Kier molecular flexibility index (Phi) is 4.58. The fourth-order valence-corrected chi connectivity index (χ4v) is 1.26. The summed E-state index contributed by atoms with van der Waals surface area (Å²) in [5.74, 6) is -0.522. The van der Waals surface area contributed by atoms with Crippen LogP contribution < -0.4 is 5.32 Å². The van der Waals surface area contributed by atoms with Gasteiger partial charge in [0, 0.05) is 11.3 Å². The van der Waals surface area contributed by atoms with E-state index >= 15 is 0 Å². The van der Waals surface area contributed by atoms with E-state index in [2.05, 4.69) is 5.32 Å². The predicted octanol–water partition coefficient (Wildman–Crippen LogP) is 0.819. The summed E-state index contributed by atoms with van der Waals surface area (Å²) >= 11 is 0. The Morgan fingerprint density at radius 1 is 1.17 bits per heavy atom. The van der Waals surface area contributed by atoms with Crippen molar-refractivity contribution in [2.24, 2.45) is 5.41 Å². The van der Waals surface area contributed by atoms with Crippen LogP contribution in [0, 0.1) is 5.41 Å². The number of anilines is 1. The van der Waals surface area contributed by atoms with E-state index in [9.17, 15) is 9.59 Å². The molecule has 0 radical (unpaired) electrons. The van der Waals surface area contributed by atoms with Gasteiger partial charge in [-0.15, -0.1) is 0 Å². The fraction of sp³-hybridized carbons (Fsp3) is 0.385. The maximum Gasteiger partial charge on any atom is 0.234 e. The molecule has 0 saturated heterocycles. The summed E-state index contributed by atoms with van der Waals surface area (Å²) in [6.45, 7) is 2.04. The zero-order valence-electron chi connectivity index (χ0n) is 10.4. The van der Waals surface area contributed by atoms with Gasteiger partial charge in [0.05, 0.1) is 18.6 Å². The van der Waals surface area contributed by atoms with E-state index in [4.69, 9.17) is 10.2 Å². The van der Waals surface area contributed by atoms with Gasteiger partial charge in [-0.25, -0.2) is 0 Å². The van der Waals surface area contributed by atoms with E-state index < -0.39 is 24.5 Å². The van der Waals surface area contributed by atoms with E-state index in [1.54, 1.807) is 24.3 Å². The van der Waals surface area contributed by atoms with Crippen LogP contribution in [0.5, 0.6) is 0 Å². The third-order valence-corrected chi connectivity index (χ3v) is 2.80. The largest absolute Gasteiger partial charge is 0.395 e. The van der Waals surface area contributed by atoms with Crippen LogP contribution in [0.2, 0.25) is 0 Å². The molecule has 98 valence electrons. The summed E-state index contributed by atoms with van der Waals surface area (Å²) in [6.07, 6.45) is 0. The molecule has 0 unspecified atom stereocenters. The van der Waals surface area contributed by atoms with Crippen molar-refractivity contribution in [2.75, 3.05) is 18.5 Å². The highest BCUT2D eigenvalue weighted by atomic mass is 16.3. The summed E-state index contributed by atoms with van der Waals surface area (Å²) in [6, 6.07) is 6.41. The van der Waals surface area contributed by atoms with Crippen molar-refractivity contribution in [1.82, 2.24) is 0 Å². The van der Waals surface area contributed by atoms with Crippen LogP contribution >= 0.6 is 0 Å². The second kappa shape index (κ2) is 5.75. The van der Waals surface area contributed by atoms with Gasteiger partial charge < -0.3 is 15.5 Å². The first-order valence-electron chi connectivity index (χ1n) is 5.57. The van der Waals surface area contributed by atoms with E-state index in [0.29, 0.717) is 11.3 Å². The number of hydrogen-bond acceptors (Lipinski definition) is 4. The standard InChI is InChI=1S/C13H17NO4/c1-9(17)10-3-5-11(6-4-10)14-12(18)13(2,7-15)8-16/h3-6,15-16H,7-8H2,1-2H3,(H,14,18). The van der Waals surface area contributed by atoms with Crippen molar-refractivity contribution < 1.29 is 19.8 Å². The smallest absolute Gasteiger partial charge is 0.234 e. The van der Waals surface area contributed by atoms with Gasteiger partial charge in [-0.3, -0.25) is 9.59 Å². The van der Waals surface area contributed by atoms with Gasteiger partial charge in [-0.1, -0.05) is 0 Å². The Labute approximate surface area is 105 Å². The third-order valence-electron chi connectivity index (χ3n) is 2.80. The molecule has 1 aromatic carbocycles. The molecule has 0 aromatic heterocycles. The molecule has 1 amide bonds. The number of hydrogen-bond donors (Lipinski definition) is 3. The molecule has 0 aliphatic heterocycles. The summed E-state index contributed by atoms with van der Waals surface area (Å²) in [5, 5.41) is 20.8. The number of nitrogens with one attached hydrogen (secondary N) is 1. The van der Waals surface area contributed by atoms with Crippen LogP contribution in [0.1, 0.15) is 24.2 Å². The molecule has 18 heavy (non-hydrogen) atoms. The molecule has 0 heterocycles. The lowest BCUT2D eigenvalue weighted by Crippen LogP contribution is -2.39. The second-order valence-corrected chi connectivity index (χ2v) is 4.46. The normalized spacial score (nSPS) is 11.1. The fourth-order valence-electron chi connectivity index (χ4n) is 1.26. The highest BCUT2D eigenvalue weighted by Gasteiger charge is 2.31. The topological polar surface area (TPSA) is 86.6 Å². The molecule has 0 bridgehead atoms. The summed E-state index contributed by atoms with van der Waals surface area (Å²) in [4.78, 5) is 22.9. The number of amides is 1. The lowest BCUT2D eigenvalue weighted by molar-refractivity contribution is -0.129. The maximum absolute atomic E-state index is 11.8. The van der Waals surface area contributed by atoms with E-state index in [0.717, 1.165) is 0 Å². The van der Waals surface area contributed by atoms with Gasteiger partial charge in [-0.05, 0) is 38.1 Å². The van der Waals surface area contributed by atoms with Crippen LogP contribution in [-0.2, 0) is 4.79 Å². The lowest BCUT2D eigenvalue weighted by atomic mass is 9.92. The number of rotatable bonds is 5. The molecule has 1 aromatic rings. The molecule has 0 aliphatic carbocycles. The SMILES string of the molecule is CC(=O)c1ccc(NC(=O)C(C)(CO)CO)cc1. The van der Waals surface area contributed by atoms with Gasteiger partial charge >= 0.3 is 0 Å². The van der Waals surface area contributed by atoms with Crippen molar-refractivity contribution in [1.29, 1.82) is 0 Å². The van der Waals surface area contributed by atoms with Crippen molar-refractivity contribution >= 4 is 17.4 Å². The first-order valence-corrected chi connectivity index (χ1v) is 5.57. The van der Waals surface area contributed by atoms with E-state index in [1.807, 2.05) is 0 Å². The Morgan fingerprint density at radius 3 is 2.06 bits per heavy atom. The van der Waals surface area contributed by atoms with Gasteiger partial charge in [0.2, 0.25) is 5.91 Å². The van der Waals surface area contributed by atoms with Gasteiger partial charge in [0.15, 0.2) is 5.78 Å². The van der Waals surface area contributed by atoms with Crippen LogP contribution in [0.25, 0.3) is 0 Å². The van der Waals surface area contributed by atoms with Crippen LogP contribution in [0.15, 0.2) is 24.3 Å². The molecular weight excluding hydrogens is 234 g/mol. The summed E-state index contributed by atoms with van der Waals surface area (Å²) in [7, 11) is 0. The molecule has 3 N–H and O–H groups in total. The van der Waals surface area contributed by atoms with Crippen molar-refractivity contribution in [3.8, 4) is 0 Å². The zero-order valence-corrected chi connectivity index (χ0v) is 10.4. The molecule has 5 heteroatoms. The molecular formula is C13H17NO4. The maximum atomic E-state index is 11.8. The highest BCUT2D eigenvalue weighted by Crippen LogP contribution is 2.18. The molecule has 0 saturated carbocycles. The number of aliphatic hydroxyl groups excluding tert-OH is 2. The zero-order chi connectivity index (χ0) is 13.8. The Hall–Kier alpha value is -1.72. The third kappa shape index (κ3) is 3.15. The average Bonchev–Trinajstić information content (AvgIpc) is 2.38. The number of ketones is 1. The van der Waals surface area contributed by atoms with Crippen LogP contribution in [0.3, 0.4) is 0 Å². The lowest BCUT2D eigenvalue weighted by Gasteiger charge is -2.23. The molecule has 1 rings (SSSR count). The molecule has 0 fully saturated rings. The predicted molar refractivity (Wildman–Crippen MR) is 67.4 cm³/mol. The van der Waals surface area contributed by atoms with Gasteiger partial charge in [-0.2, -0.15) is 0 Å². The quantitative estimate of drug-likeness (QED) is 0.676. The molecule has 0 atom stereocenters. The Bertz CT molecular complexity index is 435. The molecule has 5 nitrogen and oxygen atoms in total. The van der Waals surface area contributed by atoms with Gasteiger partial charge in [0.25, 0.3) is 0 Å². The summed E-state index contributed by atoms with van der Waals surface area (Å²) in [5.41, 5.74) is -0.155. The van der Waals surface area contributed by atoms with E-state index in [1.165, 1.54) is 13.8 Å².